The predicted molar refractivity (Wildman–Crippen MR) is 81.9 cm³/mol. The molecule has 0 bridgehead atoms. The van der Waals surface area contributed by atoms with Gasteiger partial charge in [-0.2, -0.15) is 0 Å². The van der Waals surface area contributed by atoms with Crippen LogP contribution in [-0.2, 0) is 10.0 Å². The fourth-order valence-electron chi connectivity index (χ4n) is 1.36. The van der Waals surface area contributed by atoms with Crippen molar-refractivity contribution < 1.29 is 8.42 Å². The summed E-state index contributed by atoms with van der Waals surface area (Å²) in [6, 6.07) is 8.01. The maximum Gasteiger partial charge on any atom is 0.263 e. The highest BCUT2D eigenvalue weighted by atomic mass is 79.9. The summed E-state index contributed by atoms with van der Waals surface area (Å²) in [4.78, 5) is 4.07. The van der Waals surface area contributed by atoms with Gasteiger partial charge in [0, 0.05) is 10.7 Å². The number of sulfonamides is 1. The third-order valence-corrected chi connectivity index (χ3v) is 5.39. The molecule has 0 aliphatic rings. The van der Waals surface area contributed by atoms with Crippen LogP contribution in [0.2, 0.25) is 5.02 Å². The smallest absolute Gasteiger partial charge is 0.263 e. The van der Waals surface area contributed by atoms with Gasteiger partial charge >= 0.3 is 0 Å². The van der Waals surface area contributed by atoms with Crippen molar-refractivity contribution >= 4 is 59.2 Å². The van der Waals surface area contributed by atoms with Crippen LogP contribution >= 0.6 is 43.5 Å². The zero-order valence-corrected chi connectivity index (χ0v) is 14.0. The molecule has 0 aliphatic heterocycles. The second-order valence-corrected chi connectivity index (χ2v) is 7.22. The summed E-state index contributed by atoms with van der Waals surface area (Å²) in [5.74, 6) is 0. The Morgan fingerprint density at radius 1 is 1.21 bits per heavy atom. The standard InChI is InChI=1S/C11H7Br2ClN2O2S/c12-8-3-1-2-4-10(8)19(17,18)16-9-5-7(14)6-15-11(9)13/h1-6,16H. The predicted octanol–water partition coefficient (Wildman–Crippen LogP) is 4.06. The monoisotopic (exact) mass is 424 g/mol. The van der Waals surface area contributed by atoms with Crippen LogP contribution in [0.3, 0.4) is 0 Å². The van der Waals surface area contributed by atoms with Gasteiger partial charge in [-0.1, -0.05) is 23.7 Å². The van der Waals surface area contributed by atoms with E-state index in [4.69, 9.17) is 11.6 Å². The molecule has 1 aromatic heterocycles. The van der Waals surface area contributed by atoms with Crippen LogP contribution in [0.5, 0.6) is 0 Å². The minimum absolute atomic E-state index is 0.141. The van der Waals surface area contributed by atoms with E-state index in [0.717, 1.165) is 0 Å². The summed E-state index contributed by atoms with van der Waals surface area (Å²) in [5, 5.41) is 0.341. The van der Waals surface area contributed by atoms with Gasteiger partial charge in [-0.25, -0.2) is 13.4 Å². The second-order valence-electron chi connectivity index (χ2n) is 3.53. The summed E-state index contributed by atoms with van der Waals surface area (Å²) >= 11 is 12.2. The van der Waals surface area contributed by atoms with Crippen molar-refractivity contribution in [2.75, 3.05) is 4.72 Å². The van der Waals surface area contributed by atoms with Gasteiger partial charge in [0.05, 0.1) is 10.7 Å². The van der Waals surface area contributed by atoms with Crippen LogP contribution in [0.4, 0.5) is 5.69 Å². The number of benzene rings is 1. The van der Waals surface area contributed by atoms with Gasteiger partial charge in [-0.05, 0) is 50.1 Å². The van der Waals surface area contributed by atoms with Crippen molar-refractivity contribution in [1.29, 1.82) is 0 Å². The molecule has 0 unspecified atom stereocenters. The molecule has 1 N–H and O–H groups in total. The van der Waals surface area contributed by atoms with E-state index in [-0.39, 0.29) is 10.6 Å². The molecule has 0 amide bonds. The van der Waals surface area contributed by atoms with Gasteiger partial charge in [0.2, 0.25) is 0 Å². The molecule has 0 spiro atoms. The maximum absolute atomic E-state index is 12.3. The highest BCUT2D eigenvalue weighted by Gasteiger charge is 2.18. The van der Waals surface area contributed by atoms with Crippen molar-refractivity contribution in [2.24, 2.45) is 0 Å². The Labute approximate surface area is 132 Å². The van der Waals surface area contributed by atoms with Gasteiger partial charge in [-0.15, -0.1) is 0 Å². The van der Waals surface area contributed by atoms with Crippen LogP contribution < -0.4 is 4.72 Å². The number of hydrogen-bond acceptors (Lipinski definition) is 3. The Hall–Kier alpha value is -0.630. The average molecular weight is 427 g/mol. The van der Waals surface area contributed by atoms with E-state index in [1.165, 1.54) is 18.3 Å². The lowest BCUT2D eigenvalue weighted by Gasteiger charge is -2.10. The van der Waals surface area contributed by atoms with Crippen molar-refractivity contribution in [3.05, 3.63) is 50.6 Å². The molecule has 19 heavy (non-hydrogen) atoms. The Balaban J connectivity index is 2.43. The molecular formula is C11H7Br2ClN2O2S. The Bertz CT molecular complexity index is 722. The van der Waals surface area contributed by atoms with E-state index < -0.39 is 10.0 Å². The van der Waals surface area contributed by atoms with Crippen molar-refractivity contribution in [3.63, 3.8) is 0 Å². The van der Waals surface area contributed by atoms with E-state index in [2.05, 4.69) is 41.6 Å². The van der Waals surface area contributed by atoms with Crippen LogP contribution in [0.1, 0.15) is 0 Å². The quantitative estimate of drug-likeness (QED) is 0.753. The van der Waals surface area contributed by atoms with Gasteiger partial charge in [0.1, 0.15) is 9.50 Å². The molecule has 0 radical (unpaired) electrons. The lowest BCUT2D eigenvalue weighted by atomic mass is 10.4. The Morgan fingerprint density at radius 2 is 1.89 bits per heavy atom. The normalized spacial score (nSPS) is 11.3. The van der Waals surface area contributed by atoms with E-state index in [1.54, 1.807) is 18.2 Å². The number of anilines is 1. The van der Waals surface area contributed by atoms with Crippen LogP contribution in [0, 0.1) is 0 Å². The summed E-state index contributed by atoms with van der Waals surface area (Å²) < 4.78 is 27.8. The van der Waals surface area contributed by atoms with Crippen molar-refractivity contribution in [3.8, 4) is 0 Å². The number of pyridine rings is 1. The molecule has 0 atom stereocenters. The molecule has 1 aromatic carbocycles. The minimum Gasteiger partial charge on any atom is -0.277 e. The SMILES string of the molecule is O=S(=O)(Nc1cc(Cl)cnc1Br)c1ccccc1Br. The van der Waals surface area contributed by atoms with E-state index in [0.29, 0.717) is 14.1 Å². The minimum atomic E-state index is -3.71. The van der Waals surface area contributed by atoms with Crippen LogP contribution in [-0.4, -0.2) is 13.4 Å². The summed E-state index contributed by atoms with van der Waals surface area (Å²) in [6.45, 7) is 0. The number of nitrogens with one attached hydrogen (secondary N) is 1. The number of nitrogens with zero attached hydrogens (tertiary/aromatic N) is 1. The van der Waals surface area contributed by atoms with Gasteiger partial charge in [0.15, 0.2) is 0 Å². The summed E-state index contributed by atoms with van der Waals surface area (Å²) in [5.41, 5.74) is 0.281. The molecule has 0 fully saturated rings. The number of hydrogen-bond donors (Lipinski definition) is 1. The molecule has 0 saturated carbocycles. The van der Waals surface area contributed by atoms with Crippen molar-refractivity contribution in [1.82, 2.24) is 4.98 Å². The maximum atomic E-state index is 12.3. The first-order valence-electron chi connectivity index (χ1n) is 4.98. The largest absolute Gasteiger partial charge is 0.277 e. The lowest BCUT2D eigenvalue weighted by Crippen LogP contribution is -2.14. The molecule has 0 saturated heterocycles. The highest BCUT2D eigenvalue weighted by molar-refractivity contribution is 9.10. The Morgan fingerprint density at radius 3 is 2.58 bits per heavy atom. The van der Waals surface area contributed by atoms with Gasteiger partial charge < -0.3 is 0 Å². The zero-order valence-electron chi connectivity index (χ0n) is 9.27. The van der Waals surface area contributed by atoms with Gasteiger partial charge in [0.25, 0.3) is 10.0 Å². The fourth-order valence-corrected chi connectivity index (χ4v) is 4.02. The number of aromatic nitrogens is 1. The van der Waals surface area contributed by atoms with E-state index in [9.17, 15) is 8.42 Å². The summed E-state index contributed by atoms with van der Waals surface area (Å²) in [7, 11) is -3.71. The molecule has 8 heteroatoms. The third-order valence-electron chi connectivity index (χ3n) is 2.18. The first-order chi connectivity index (χ1) is 8.90. The molecule has 2 rings (SSSR count). The molecule has 0 aliphatic carbocycles. The van der Waals surface area contributed by atoms with Crippen LogP contribution in [0.25, 0.3) is 0 Å². The van der Waals surface area contributed by atoms with Crippen molar-refractivity contribution in [2.45, 2.75) is 4.90 Å². The third kappa shape index (κ3) is 3.47. The highest BCUT2D eigenvalue weighted by Crippen LogP contribution is 2.28. The first-order valence-corrected chi connectivity index (χ1v) is 8.43. The average Bonchev–Trinajstić information content (AvgIpc) is 2.34. The number of rotatable bonds is 3. The molecule has 1 heterocycles. The van der Waals surface area contributed by atoms with E-state index >= 15 is 0 Å². The Kier molecular flexibility index (Phi) is 4.50. The fraction of sp³-hybridized carbons (Fsp3) is 0. The van der Waals surface area contributed by atoms with Gasteiger partial charge in [-0.3, -0.25) is 4.72 Å². The molecule has 100 valence electrons. The second kappa shape index (κ2) is 5.78. The zero-order chi connectivity index (χ0) is 14.0. The number of halogens is 3. The van der Waals surface area contributed by atoms with Crippen LogP contribution in [0.15, 0.2) is 50.5 Å². The van der Waals surface area contributed by atoms with E-state index in [1.807, 2.05) is 0 Å². The molecule has 2 aromatic rings. The lowest BCUT2D eigenvalue weighted by molar-refractivity contribution is 0.600. The molecule has 4 nitrogen and oxygen atoms in total. The first kappa shape index (κ1) is 14.8. The summed E-state index contributed by atoms with van der Waals surface area (Å²) in [6.07, 6.45) is 1.42. The molecular weight excluding hydrogens is 419 g/mol. The topological polar surface area (TPSA) is 59.1 Å².